The fraction of sp³-hybridized carbons (Fsp3) is 0.625. The maximum atomic E-state index is 13.7. The zero-order chi connectivity index (χ0) is 23.7. The average Bonchev–Trinajstić information content (AvgIpc) is 3.47. The van der Waals surface area contributed by atoms with Crippen molar-refractivity contribution in [1.29, 1.82) is 0 Å². The van der Waals surface area contributed by atoms with Gasteiger partial charge in [0.15, 0.2) is 5.78 Å². The summed E-state index contributed by atoms with van der Waals surface area (Å²) in [4.78, 5) is 63.9. The Kier molecular flexibility index (Phi) is 5.08. The Morgan fingerprint density at radius 1 is 1.06 bits per heavy atom. The smallest absolute Gasteiger partial charge is 0.303 e. The minimum Gasteiger partial charge on any atom is -0.458 e. The molecule has 8 heteroatoms. The first-order valence-corrected chi connectivity index (χ1v) is 10.8. The van der Waals surface area contributed by atoms with Crippen LogP contribution in [-0.2, 0) is 38.2 Å². The molecule has 4 rings (SSSR count). The summed E-state index contributed by atoms with van der Waals surface area (Å²) < 4.78 is 16.7. The van der Waals surface area contributed by atoms with E-state index in [0.717, 1.165) is 0 Å². The van der Waals surface area contributed by atoms with Gasteiger partial charge in [-0.05, 0) is 43.9 Å². The Morgan fingerprint density at radius 3 is 2.28 bits per heavy atom. The molecular formula is C24H28O8. The topological polar surface area (TPSA) is 116 Å². The average molecular weight is 444 g/mol. The van der Waals surface area contributed by atoms with E-state index >= 15 is 0 Å². The highest BCUT2D eigenvalue weighted by atomic mass is 16.6. The molecule has 4 bridgehead atoms. The third-order valence-electron chi connectivity index (χ3n) is 7.49. The molecule has 0 aromatic carbocycles. The van der Waals surface area contributed by atoms with Crippen molar-refractivity contribution in [3.05, 3.63) is 22.8 Å². The number of allylic oxidation sites excluding steroid dienone is 1. The van der Waals surface area contributed by atoms with Gasteiger partial charge >= 0.3 is 11.9 Å². The molecule has 0 amide bonds. The fourth-order valence-corrected chi connectivity index (χ4v) is 5.82. The molecule has 2 fully saturated rings. The van der Waals surface area contributed by atoms with Gasteiger partial charge in [-0.3, -0.25) is 24.0 Å². The van der Waals surface area contributed by atoms with Crippen LogP contribution in [-0.4, -0.2) is 53.7 Å². The lowest BCUT2D eigenvalue weighted by molar-refractivity contribution is -0.154. The Labute approximate surface area is 186 Å². The van der Waals surface area contributed by atoms with Crippen LogP contribution >= 0.6 is 0 Å². The Morgan fingerprint density at radius 2 is 1.69 bits per heavy atom. The number of epoxide rings is 1. The van der Waals surface area contributed by atoms with Crippen molar-refractivity contribution < 1.29 is 38.2 Å². The molecule has 32 heavy (non-hydrogen) atoms. The highest BCUT2D eigenvalue weighted by molar-refractivity contribution is 6.46. The summed E-state index contributed by atoms with van der Waals surface area (Å²) in [6.45, 7) is 9.53. The molecule has 0 N–H and O–H groups in total. The largest absolute Gasteiger partial charge is 0.458 e. The van der Waals surface area contributed by atoms with Gasteiger partial charge in [0.25, 0.3) is 0 Å². The molecule has 172 valence electrons. The Balaban J connectivity index is 1.96. The molecule has 0 unspecified atom stereocenters. The third kappa shape index (κ3) is 3.27. The molecule has 0 aromatic rings. The van der Waals surface area contributed by atoms with Crippen LogP contribution in [0.1, 0.15) is 54.4 Å². The van der Waals surface area contributed by atoms with Gasteiger partial charge in [-0.15, -0.1) is 0 Å². The van der Waals surface area contributed by atoms with E-state index in [-0.39, 0.29) is 24.2 Å². The number of Topliss-reactive ketones (excluding diaryl/α,β-unsaturated/α-hetero) is 3. The van der Waals surface area contributed by atoms with Crippen LogP contribution < -0.4 is 0 Å². The van der Waals surface area contributed by atoms with Gasteiger partial charge < -0.3 is 14.2 Å². The number of esters is 2. The second-order valence-electron chi connectivity index (χ2n) is 10.1. The first-order chi connectivity index (χ1) is 14.8. The summed E-state index contributed by atoms with van der Waals surface area (Å²) in [5.41, 5.74) is -0.968. The zero-order valence-corrected chi connectivity index (χ0v) is 19.1. The molecule has 1 heterocycles. The molecule has 0 radical (unpaired) electrons. The van der Waals surface area contributed by atoms with E-state index < -0.39 is 64.7 Å². The van der Waals surface area contributed by atoms with Crippen molar-refractivity contribution in [1.82, 2.24) is 0 Å². The quantitative estimate of drug-likeness (QED) is 0.361. The van der Waals surface area contributed by atoms with Crippen molar-refractivity contribution in [2.75, 3.05) is 0 Å². The molecule has 6 atom stereocenters. The SMILES string of the molecule is CC(=O)O[C@H]1C[C@H]2[C@@H](OC(C)=O)/C=C3\C[C@](C)(C(=O)C(=O)C(=C1C)C2(C)C)[C@@H]1O[C@@H]1C3=O. The second-order valence-corrected chi connectivity index (χ2v) is 10.1. The van der Waals surface area contributed by atoms with E-state index in [4.69, 9.17) is 14.2 Å². The summed E-state index contributed by atoms with van der Waals surface area (Å²) in [6.07, 6.45) is -1.07. The van der Waals surface area contributed by atoms with Crippen LogP contribution in [0.5, 0.6) is 0 Å². The molecule has 4 aliphatic rings. The normalized spacial score (nSPS) is 39.5. The standard InChI is InChI=1S/C24H28O8/c1-10-15(30-11(2)25)8-14-16(31-12(3)26)7-13-9-24(6,22-20(32-22)18(13)27)21(29)19(28)17(10)23(14,4)5/h7,14-16,20,22H,8-9H2,1-6H3/b13-7+/t14-,15-,16-,20+,22+,24+/m0/s1. The van der Waals surface area contributed by atoms with Crippen molar-refractivity contribution >= 4 is 29.3 Å². The van der Waals surface area contributed by atoms with Gasteiger partial charge in [-0.25, -0.2) is 0 Å². The first-order valence-electron chi connectivity index (χ1n) is 10.8. The number of ketones is 3. The highest BCUT2D eigenvalue weighted by Gasteiger charge is 2.65. The monoisotopic (exact) mass is 444 g/mol. The van der Waals surface area contributed by atoms with Crippen molar-refractivity contribution in [2.24, 2.45) is 16.7 Å². The van der Waals surface area contributed by atoms with Gasteiger partial charge in [-0.2, -0.15) is 0 Å². The summed E-state index contributed by atoms with van der Waals surface area (Å²) >= 11 is 0. The lowest BCUT2D eigenvalue weighted by Crippen LogP contribution is -2.52. The molecule has 1 saturated carbocycles. The van der Waals surface area contributed by atoms with Crippen molar-refractivity contribution in [2.45, 2.75) is 78.8 Å². The van der Waals surface area contributed by atoms with Crippen molar-refractivity contribution in [3.8, 4) is 0 Å². The van der Waals surface area contributed by atoms with Crippen LogP contribution in [0, 0.1) is 16.7 Å². The van der Waals surface area contributed by atoms with Crippen LogP contribution in [0.2, 0.25) is 0 Å². The van der Waals surface area contributed by atoms with Gasteiger partial charge in [0, 0.05) is 30.8 Å². The summed E-state index contributed by atoms with van der Waals surface area (Å²) in [6, 6.07) is 0. The number of ether oxygens (including phenoxy) is 3. The lowest BCUT2D eigenvalue weighted by Gasteiger charge is -2.47. The molecule has 3 aliphatic carbocycles. The van der Waals surface area contributed by atoms with Crippen LogP contribution in [0.15, 0.2) is 22.8 Å². The minimum atomic E-state index is -1.20. The van der Waals surface area contributed by atoms with Gasteiger partial charge in [0.2, 0.25) is 11.6 Å². The van der Waals surface area contributed by atoms with Crippen LogP contribution in [0.25, 0.3) is 0 Å². The first kappa shape index (κ1) is 22.6. The molecule has 8 nitrogen and oxygen atoms in total. The maximum Gasteiger partial charge on any atom is 0.303 e. The predicted molar refractivity (Wildman–Crippen MR) is 110 cm³/mol. The molecule has 0 spiro atoms. The summed E-state index contributed by atoms with van der Waals surface area (Å²) in [7, 11) is 0. The number of rotatable bonds is 2. The summed E-state index contributed by atoms with van der Waals surface area (Å²) in [5.74, 6) is -3.09. The van der Waals surface area contributed by atoms with Crippen LogP contribution in [0.3, 0.4) is 0 Å². The van der Waals surface area contributed by atoms with E-state index in [2.05, 4.69) is 0 Å². The second kappa shape index (κ2) is 7.20. The lowest BCUT2D eigenvalue weighted by atomic mass is 9.58. The zero-order valence-electron chi connectivity index (χ0n) is 19.1. The summed E-state index contributed by atoms with van der Waals surface area (Å²) in [5, 5.41) is 0. The van der Waals surface area contributed by atoms with E-state index in [1.54, 1.807) is 19.9 Å². The van der Waals surface area contributed by atoms with Gasteiger partial charge in [0.1, 0.15) is 24.4 Å². The molecule has 0 aromatic heterocycles. The van der Waals surface area contributed by atoms with Gasteiger partial charge in [0.05, 0.1) is 5.41 Å². The predicted octanol–water partition coefficient (Wildman–Crippen LogP) is 2.04. The maximum absolute atomic E-state index is 13.7. The Hall–Kier alpha value is -2.61. The van der Waals surface area contributed by atoms with E-state index in [0.29, 0.717) is 11.1 Å². The fourth-order valence-electron chi connectivity index (χ4n) is 5.82. The number of hydrogen-bond donors (Lipinski definition) is 0. The van der Waals surface area contributed by atoms with Crippen molar-refractivity contribution in [3.63, 3.8) is 0 Å². The number of fused-ring (bicyclic) bond motifs is 6. The molecule has 1 saturated heterocycles. The van der Waals surface area contributed by atoms with E-state index in [1.165, 1.54) is 13.8 Å². The van der Waals surface area contributed by atoms with Gasteiger partial charge in [-0.1, -0.05) is 13.8 Å². The third-order valence-corrected chi connectivity index (χ3v) is 7.49. The van der Waals surface area contributed by atoms with Crippen LogP contribution in [0.4, 0.5) is 0 Å². The van der Waals surface area contributed by atoms with E-state index in [9.17, 15) is 24.0 Å². The number of carbonyl (C=O) groups excluding carboxylic acids is 5. The highest BCUT2D eigenvalue weighted by Crippen LogP contribution is 2.54. The number of hydrogen-bond acceptors (Lipinski definition) is 8. The molecule has 1 aliphatic heterocycles. The Bertz CT molecular complexity index is 1020. The number of carbonyl (C=O) groups is 5. The molecular weight excluding hydrogens is 416 g/mol. The minimum absolute atomic E-state index is 0.0438. The van der Waals surface area contributed by atoms with E-state index in [1.807, 2.05) is 13.8 Å².